The van der Waals surface area contributed by atoms with E-state index in [4.69, 9.17) is 0 Å². The molecule has 0 aliphatic carbocycles. The van der Waals surface area contributed by atoms with Crippen molar-refractivity contribution in [3.05, 3.63) is 53.9 Å². The van der Waals surface area contributed by atoms with Crippen LogP contribution in [0.2, 0.25) is 0 Å². The van der Waals surface area contributed by atoms with E-state index in [0.29, 0.717) is 12.0 Å². The molecule has 1 N–H and O–H groups in total. The minimum absolute atomic E-state index is 0.211. The Hall–Kier alpha value is -2.47. The number of benzene rings is 1. The van der Waals surface area contributed by atoms with Crippen LogP contribution in [0, 0.1) is 5.82 Å². The Morgan fingerprint density at radius 2 is 2.15 bits per heavy atom. The van der Waals surface area contributed by atoms with Crippen LogP contribution in [-0.2, 0) is 19.4 Å². The Labute approximate surface area is 152 Å². The van der Waals surface area contributed by atoms with Crippen LogP contribution in [0.1, 0.15) is 17.8 Å². The number of halogens is 1. The molecule has 136 valence electrons. The summed E-state index contributed by atoms with van der Waals surface area (Å²) < 4.78 is 16.7. The molecule has 2 aromatic rings. The summed E-state index contributed by atoms with van der Waals surface area (Å²) in [6.07, 6.45) is 8.01. The molecule has 0 amide bonds. The second-order valence-electron chi connectivity index (χ2n) is 6.73. The van der Waals surface area contributed by atoms with Gasteiger partial charge in [-0.25, -0.2) is 14.4 Å². The van der Waals surface area contributed by atoms with Gasteiger partial charge in [0.25, 0.3) is 0 Å². The standard InChI is InChI=1S/C20H24FN5/c1-2-4-19(25-11-8-22-9-12-25)23-7-6-15-13-18-17(14-16(15)21)24-20-5-3-10-26(18)20/h2,4,7,13-14,22H,1,3,5-6,8-12H2/b19-4+,23-7?. The Bertz CT molecular complexity index is 874. The predicted molar refractivity (Wildman–Crippen MR) is 103 cm³/mol. The molecule has 0 unspecified atom stereocenters. The SMILES string of the molecule is C=C/C=C(\N=CCc1cc2c(cc1F)nc1n2CCC1)N1CCNCC1. The number of aryl methyl sites for hydroxylation is 2. The number of fused-ring (bicyclic) bond motifs is 3. The first-order chi connectivity index (χ1) is 12.8. The fourth-order valence-corrected chi connectivity index (χ4v) is 3.70. The van der Waals surface area contributed by atoms with E-state index in [1.165, 1.54) is 0 Å². The van der Waals surface area contributed by atoms with Gasteiger partial charge >= 0.3 is 0 Å². The van der Waals surface area contributed by atoms with Crippen LogP contribution in [0.15, 0.2) is 41.7 Å². The topological polar surface area (TPSA) is 45.5 Å². The molecule has 6 heteroatoms. The summed E-state index contributed by atoms with van der Waals surface area (Å²) in [4.78, 5) is 11.4. The smallest absolute Gasteiger partial charge is 0.129 e. The van der Waals surface area contributed by atoms with Gasteiger partial charge in [-0.2, -0.15) is 0 Å². The van der Waals surface area contributed by atoms with Gasteiger partial charge in [0.05, 0.1) is 11.0 Å². The average molecular weight is 353 g/mol. The fourth-order valence-electron chi connectivity index (χ4n) is 3.70. The molecule has 0 atom stereocenters. The molecule has 1 aromatic carbocycles. The van der Waals surface area contributed by atoms with Crippen LogP contribution in [0.4, 0.5) is 4.39 Å². The van der Waals surface area contributed by atoms with Crippen LogP contribution in [0.3, 0.4) is 0 Å². The van der Waals surface area contributed by atoms with E-state index in [-0.39, 0.29) is 5.82 Å². The second-order valence-corrected chi connectivity index (χ2v) is 6.73. The molecule has 0 radical (unpaired) electrons. The number of piperazine rings is 1. The van der Waals surface area contributed by atoms with Crippen LogP contribution in [0.25, 0.3) is 11.0 Å². The van der Waals surface area contributed by atoms with Crippen molar-refractivity contribution in [2.24, 2.45) is 4.99 Å². The van der Waals surface area contributed by atoms with Crippen molar-refractivity contribution in [2.75, 3.05) is 26.2 Å². The number of hydrogen-bond donors (Lipinski definition) is 1. The maximum atomic E-state index is 14.4. The lowest BCUT2D eigenvalue weighted by Gasteiger charge is -2.29. The van der Waals surface area contributed by atoms with Crippen LogP contribution in [0.5, 0.6) is 0 Å². The number of aliphatic imine (C=N–C) groups is 1. The first-order valence-corrected chi connectivity index (χ1v) is 9.24. The molecule has 0 saturated carbocycles. The highest BCUT2D eigenvalue weighted by molar-refractivity contribution is 5.78. The molecular formula is C20H24FN5. The summed E-state index contributed by atoms with van der Waals surface area (Å²) in [5, 5.41) is 3.33. The van der Waals surface area contributed by atoms with Gasteiger partial charge in [0.1, 0.15) is 17.5 Å². The Kier molecular flexibility index (Phi) is 4.84. The summed E-state index contributed by atoms with van der Waals surface area (Å²) in [7, 11) is 0. The number of hydrogen-bond acceptors (Lipinski definition) is 4. The monoisotopic (exact) mass is 353 g/mol. The van der Waals surface area contributed by atoms with Gasteiger partial charge in [-0.3, -0.25) is 0 Å². The molecule has 4 rings (SSSR count). The van der Waals surface area contributed by atoms with E-state index in [9.17, 15) is 4.39 Å². The normalized spacial score (nSPS) is 18.0. The molecule has 1 fully saturated rings. The van der Waals surface area contributed by atoms with E-state index in [0.717, 1.165) is 68.2 Å². The van der Waals surface area contributed by atoms with Crippen molar-refractivity contribution in [3.8, 4) is 0 Å². The summed E-state index contributed by atoms with van der Waals surface area (Å²) in [5.74, 6) is 1.74. The third kappa shape index (κ3) is 3.29. The summed E-state index contributed by atoms with van der Waals surface area (Å²) in [5.41, 5.74) is 2.45. The lowest BCUT2D eigenvalue weighted by Crippen LogP contribution is -2.42. The number of rotatable bonds is 5. The van der Waals surface area contributed by atoms with Crippen molar-refractivity contribution in [1.29, 1.82) is 0 Å². The van der Waals surface area contributed by atoms with Crippen molar-refractivity contribution in [1.82, 2.24) is 19.8 Å². The average Bonchev–Trinajstić information content (AvgIpc) is 3.23. The minimum atomic E-state index is -0.211. The highest BCUT2D eigenvalue weighted by Gasteiger charge is 2.18. The van der Waals surface area contributed by atoms with Crippen molar-refractivity contribution in [2.45, 2.75) is 25.8 Å². The molecule has 0 bridgehead atoms. The molecule has 1 saturated heterocycles. The molecule has 26 heavy (non-hydrogen) atoms. The largest absolute Gasteiger partial charge is 0.354 e. The maximum absolute atomic E-state index is 14.4. The minimum Gasteiger partial charge on any atom is -0.354 e. The quantitative estimate of drug-likeness (QED) is 0.664. The molecule has 1 aromatic heterocycles. The van der Waals surface area contributed by atoms with E-state index >= 15 is 0 Å². The highest BCUT2D eigenvalue weighted by atomic mass is 19.1. The van der Waals surface area contributed by atoms with E-state index in [1.54, 1.807) is 18.4 Å². The number of aromatic nitrogens is 2. The predicted octanol–water partition coefficient (Wildman–Crippen LogP) is 2.67. The van der Waals surface area contributed by atoms with E-state index in [1.807, 2.05) is 12.1 Å². The van der Waals surface area contributed by atoms with E-state index in [2.05, 4.69) is 31.3 Å². The molecular weight excluding hydrogens is 329 g/mol. The van der Waals surface area contributed by atoms with Crippen LogP contribution >= 0.6 is 0 Å². The maximum Gasteiger partial charge on any atom is 0.129 e. The zero-order valence-electron chi connectivity index (χ0n) is 14.9. The Balaban J connectivity index is 1.54. The van der Waals surface area contributed by atoms with Crippen LogP contribution < -0.4 is 5.32 Å². The molecule has 2 aliphatic rings. The third-order valence-electron chi connectivity index (χ3n) is 5.02. The number of nitrogens with zero attached hydrogens (tertiary/aromatic N) is 4. The first kappa shape index (κ1) is 17.0. The van der Waals surface area contributed by atoms with Gasteiger partial charge < -0.3 is 14.8 Å². The van der Waals surface area contributed by atoms with Crippen molar-refractivity contribution >= 4 is 17.2 Å². The fraction of sp³-hybridized carbons (Fsp3) is 0.400. The van der Waals surface area contributed by atoms with Gasteiger partial charge in [0, 0.05) is 57.8 Å². The molecule has 2 aliphatic heterocycles. The van der Waals surface area contributed by atoms with Crippen molar-refractivity contribution < 1.29 is 4.39 Å². The summed E-state index contributed by atoms with van der Waals surface area (Å²) >= 11 is 0. The second kappa shape index (κ2) is 7.41. The van der Waals surface area contributed by atoms with Gasteiger partial charge in [0.2, 0.25) is 0 Å². The number of imidazole rings is 1. The Morgan fingerprint density at radius 3 is 2.96 bits per heavy atom. The molecule has 3 heterocycles. The van der Waals surface area contributed by atoms with Crippen molar-refractivity contribution in [3.63, 3.8) is 0 Å². The van der Waals surface area contributed by atoms with Gasteiger partial charge in [-0.1, -0.05) is 12.7 Å². The third-order valence-corrected chi connectivity index (χ3v) is 5.02. The zero-order valence-corrected chi connectivity index (χ0v) is 14.9. The molecule has 0 spiro atoms. The summed E-state index contributed by atoms with van der Waals surface area (Å²) in [6, 6.07) is 3.49. The highest BCUT2D eigenvalue weighted by Crippen LogP contribution is 2.25. The summed E-state index contributed by atoms with van der Waals surface area (Å²) in [6.45, 7) is 8.47. The van der Waals surface area contributed by atoms with Gasteiger partial charge in [-0.15, -0.1) is 0 Å². The van der Waals surface area contributed by atoms with Crippen LogP contribution in [-0.4, -0.2) is 46.8 Å². The number of allylic oxidation sites excluding steroid dienone is 2. The first-order valence-electron chi connectivity index (χ1n) is 9.24. The van der Waals surface area contributed by atoms with Gasteiger partial charge in [0.15, 0.2) is 0 Å². The number of nitrogens with one attached hydrogen (secondary N) is 1. The Morgan fingerprint density at radius 1 is 1.31 bits per heavy atom. The molecule has 5 nitrogen and oxygen atoms in total. The van der Waals surface area contributed by atoms with Gasteiger partial charge in [-0.05, 0) is 24.1 Å². The lowest BCUT2D eigenvalue weighted by atomic mass is 10.1. The zero-order chi connectivity index (χ0) is 17.9. The lowest BCUT2D eigenvalue weighted by molar-refractivity contribution is 0.297. The van der Waals surface area contributed by atoms with E-state index < -0.39 is 0 Å².